The molecule has 0 heterocycles. The Morgan fingerprint density at radius 3 is 2.42 bits per heavy atom. The van der Waals surface area contributed by atoms with Gasteiger partial charge in [0.2, 0.25) is 5.91 Å². The van der Waals surface area contributed by atoms with E-state index in [1.54, 1.807) is 14.2 Å². The van der Waals surface area contributed by atoms with Crippen LogP contribution in [0.1, 0.15) is 32.8 Å². The monoisotopic (exact) mass is 364 g/mol. The molecule has 146 valence electrons. The molecule has 0 radical (unpaired) electrons. The van der Waals surface area contributed by atoms with Crippen molar-refractivity contribution < 1.29 is 14.3 Å². The van der Waals surface area contributed by atoms with Crippen LogP contribution in [0.15, 0.2) is 29.3 Å². The molecule has 1 aromatic carbocycles. The number of ether oxygens (including phenoxy) is 2. The van der Waals surface area contributed by atoms with Crippen molar-refractivity contribution in [2.75, 3.05) is 33.9 Å². The zero-order chi connectivity index (χ0) is 19.4. The molecule has 0 spiro atoms. The highest BCUT2D eigenvalue weighted by atomic mass is 16.5. The minimum Gasteiger partial charge on any atom is -0.497 e. The summed E-state index contributed by atoms with van der Waals surface area (Å²) < 4.78 is 10.8. The van der Waals surface area contributed by atoms with Crippen molar-refractivity contribution in [3.8, 4) is 5.75 Å². The Labute approximate surface area is 156 Å². The molecule has 0 bridgehead atoms. The second kappa shape index (κ2) is 11.4. The van der Waals surface area contributed by atoms with E-state index in [-0.39, 0.29) is 18.0 Å². The average molecular weight is 364 g/mol. The Hall–Kier alpha value is -2.28. The maximum atomic E-state index is 11.8. The summed E-state index contributed by atoms with van der Waals surface area (Å²) in [5.41, 5.74) is 0.873. The molecule has 0 saturated heterocycles. The van der Waals surface area contributed by atoms with Crippen LogP contribution in [0.4, 0.5) is 0 Å². The topological polar surface area (TPSA) is 84.0 Å². The van der Waals surface area contributed by atoms with E-state index in [1.165, 1.54) is 0 Å². The number of methoxy groups -OCH3 is 1. The van der Waals surface area contributed by atoms with Gasteiger partial charge >= 0.3 is 0 Å². The molecule has 0 aliphatic carbocycles. The molecule has 1 rings (SSSR count). The predicted octanol–water partition coefficient (Wildman–Crippen LogP) is 1.68. The lowest BCUT2D eigenvalue weighted by Crippen LogP contribution is -2.48. The van der Waals surface area contributed by atoms with Crippen LogP contribution in [0.2, 0.25) is 0 Å². The molecule has 0 unspecified atom stereocenters. The quantitative estimate of drug-likeness (QED) is 0.353. The molecule has 0 fully saturated rings. The molecule has 7 nitrogen and oxygen atoms in total. The van der Waals surface area contributed by atoms with Crippen molar-refractivity contribution in [3.63, 3.8) is 0 Å². The smallest absolute Gasteiger partial charge is 0.239 e. The number of nitrogens with zero attached hydrogens (tertiary/aromatic N) is 1. The van der Waals surface area contributed by atoms with Crippen molar-refractivity contribution in [3.05, 3.63) is 29.8 Å². The molecule has 26 heavy (non-hydrogen) atoms. The van der Waals surface area contributed by atoms with Gasteiger partial charge in [-0.1, -0.05) is 12.1 Å². The van der Waals surface area contributed by atoms with E-state index < -0.39 is 0 Å². The fourth-order valence-electron chi connectivity index (χ4n) is 2.14. The van der Waals surface area contributed by atoms with Gasteiger partial charge in [-0.2, -0.15) is 0 Å². The maximum Gasteiger partial charge on any atom is 0.239 e. The highest BCUT2D eigenvalue weighted by Gasteiger charge is 2.13. The number of rotatable bonds is 9. The maximum absolute atomic E-state index is 11.8. The Kier molecular flexibility index (Phi) is 9.51. The SMILES string of the molecule is CN=C(NCCCOCc1ccc(OC)cc1)NCC(=O)NC(C)(C)C. The second-order valence-electron chi connectivity index (χ2n) is 6.90. The summed E-state index contributed by atoms with van der Waals surface area (Å²) in [7, 11) is 3.33. The number of carbonyl (C=O) groups is 1. The van der Waals surface area contributed by atoms with Gasteiger partial charge in [-0.05, 0) is 44.9 Å². The Bertz CT molecular complexity index is 565. The zero-order valence-corrected chi connectivity index (χ0v) is 16.5. The third-order valence-electron chi connectivity index (χ3n) is 3.34. The number of amides is 1. The average Bonchev–Trinajstić information content (AvgIpc) is 2.59. The fourth-order valence-corrected chi connectivity index (χ4v) is 2.14. The van der Waals surface area contributed by atoms with Gasteiger partial charge in [0.25, 0.3) is 0 Å². The van der Waals surface area contributed by atoms with Crippen LogP contribution in [-0.4, -0.2) is 51.3 Å². The van der Waals surface area contributed by atoms with E-state index in [9.17, 15) is 4.79 Å². The van der Waals surface area contributed by atoms with Gasteiger partial charge < -0.3 is 25.4 Å². The summed E-state index contributed by atoms with van der Waals surface area (Å²) in [5, 5.41) is 9.05. The molecule has 3 N–H and O–H groups in total. The van der Waals surface area contributed by atoms with Gasteiger partial charge in [0.1, 0.15) is 5.75 Å². The summed E-state index contributed by atoms with van der Waals surface area (Å²) >= 11 is 0. The largest absolute Gasteiger partial charge is 0.497 e. The number of nitrogens with one attached hydrogen (secondary N) is 3. The van der Waals surface area contributed by atoms with Crippen LogP contribution in [0.5, 0.6) is 5.75 Å². The number of hydrogen-bond acceptors (Lipinski definition) is 4. The number of benzene rings is 1. The minimum absolute atomic E-state index is 0.0664. The minimum atomic E-state index is -0.239. The Morgan fingerprint density at radius 2 is 1.85 bits per heavy atom. The lowest BCUT2D eigenvalue weighted by molar-refractivity contribution is -0.121. The van der Waals surface area contributed by atoms with Crippen LogP contribution < -0.4 is 20.7 Å². The number of hydrogen-bond donors (Lipinski definition) is 3. The molecular formula is C19H32N4O3. The first-order valence-electron chi connectivity index (χ1n) is 8.80. The summed E-state index contributed by atoms with van der Waals surface area (Å²) in [6.45, 7) is 7.95. The zero-order valence-electron chi connectivity index (χ0n) is 16.5. The van der Waals surface area contributed by atoms with Gasteiger partial charge in [0, 0.05) is 25.7 Å². The molecule has 0 aliphatic rings. The van der Waals surface area contributed by atoms with Crippen molar-refractivity contribution in [2.45, 2.75) is 39.3 Å². The normalized spacial score (nSPS) is 11.8. The van der Waals surface area contributed by atoms with Crippen molar-refractivity contribution >= 4 is 11.9 Å². The number of carbonyl (C=O) groups excluding carboxylic acids is 1. The summed E-state index contributed by atoms with van der Waals surface area (Å²) in [6, 6.07) is 7.83. The molecule has 0 aliphatic heterocycles. The molecule has 1 aromatic rings. The van der Waals surface area contributed by atoms with Gasteiger partial charge in [0.15, 0.2) is 5.96 Å². The molecular weight excluding hydrogens is 332 g/mol. The summed E-state index contributed by atoms with van der Waals surface area (Å²) in [5.74, 6) is 1.38. The third-order valence-corrected chi connectivity index (χ3v) is 3.34. The van der Waals surface area contributed by atoms with Crippen molar-refractivity contribution in [1.29, 1.82) is 0 Å². The third kappa shape index (κ3) is 9.88. The lowest BCUT2D eigenvalue weighted by atomic mass is 10.1. The van der Waals surface area contributed by atoms with Crippen molar-refractivity contribution in [2.24, 2.45) is 4.99 Å². The molecule has 0 atom stereocenters. The van der Waals surface area contributed by atoms with Crippen LogP contribution in [0.25, 0.3) is 0 Å². The van der Waals surface area contributed by atoms with E-state index in [2.05, 4.69) is 20.9 Å². The van der Waals surface area contributed by atoms with E-state index in [4.69, 9.17) is 9.47 Å². The first-order valence-corrected chi connectivity index (χ1v) is 8.80. The predicted molar refractivity (Wildman–Crippen MR) is 105 cm³/mol. The molecule has 7 heteroatoms. The van der Waals surface area contributed by atoms with E-state index in [0.29, 0.717) is 25.7 Å². The fraction of sp³-hybridized carbons (Fsp3) is 0.579. The van der Waals surface area contributed by atoms with Gasteiger partial charge in [-0.3, -0.25) is 9.79 Å². The molecule has 0 saturated carbocycles. The lowest BCUT2D eigenvalue weighted by Gasteiger charge is -2.21. The summed E-state index contributed by atoms with van der Waals surface area (Å²) in [6.07, 6.45) is 0.838. The second-order valence-corrected chi connectivity index (χ2v) is 6.90. The first-order chi connectivity index (χ1) is 12.3. The van der Waals surface area contributed by atoms with Crippen molar-refractivity contribution in [1.82, 2.24) is 16.0 Å². The van der Waals surface area contributed by atoms with Crippen LogP contribution >= 0.6 is 0 Å². The molecule has 0 aromatic heterocycles. The van der Waals surface area contributed by atoms with E-state index in [0.717, 1.165) is 17.7 Å². The van der Waals surface area contributed by atoms with E-state index in [1.807, 2.05) is 45.0 Å². The first kappa shape index (κ1) is 21.8. The van der Waals surface area contributed by atoms with Crippen LogP contribution in [-0.2, 0) is 16.1 Å². The standard InChI is InChI=1S/C19H32N4O3/c1-19(2,3)23-17(24)13-22-18(20-4)21-11-6-12-26-14-15-7-9-16(25-5)10-8-15/h7-10H,6,11-14H2,1-5H3,(H,23,24)(H2,20,21,22). The number of aliphatic imine (C=N–C) groups is 1. The van der Waals surface area contributed by atoms with Crippen LogP contribution in [0, 0.1) is 0 Å². The van der Waals surface area contributed by atoms with Gasteiger partial charge in [-0.25, -0.2) is 0 Å². The Balaban J connectivity index is 2.13. The number of guanidine groups is 1. The summed E-state index contributed by atoms with van der Waals surface area (Å²) in [4.78, 5) is 15.9. The van der Waals surface area contributed by atoms with E-state index >= 15 is 0 Å². The van der Waals surface area contributed by atoms with Gasteiger partial charge in [0.05, 0.1) is 20.3 Å². The van der Waals surface area contributed by atoms with Gasteiger partial charge in [-0.15, -0.1) is 0 Å². The molecule has 1 amide bonds. The highest BCUT2D eigenvalue weighted by molar-refractivity contribution is 5.86. The van der Waals surface area contributed by atoms with Crippen LogP contribution in [0.3, 0.4) is 0 Å². The highest BCUT2D eigenvalue weighted by Crippen LogP contribution is 2.11. The Morgan fingerprint density at radius 1 is 1.15 bits per heavy atom.